The van der Waals surface area contributed by atoms with Crippen LogP contribution < -0.4 is 5.73 Å². The number of fused-ring (bicyclic) bond motifs is 2. The van der Waals surface area contributed by atoms with Gasteiger partial charge in [0, 0.05) is 6.04 Å². The molecule has 0 amide bonds. The van der Waals surface area contributed by atoms with E-state index >= 15 is 0 Å². The maximum atomic E-state index is 11.9. The van der Waals surface area contributed by atoms with Crippen LogP contribution in [0, 0.1) is 16.7 Å². The summed E-state index contributed by atoms with van der Waals surface area (Å²) in [5.41, 5.74) is 5.71. The van der Waals surface area contributed by atoms with Gasteiger partial charge in [-0.3, -0.25) is 4.79 Å². The summed E-state index contributed by atoms with van der Waals surface area (Å²) >= 11 is 0. The number of hydrogen-bond donors (Lipinski definition) is 1. The first-order valence-corrected chi connectivity index (χ1v) is 5.31. The summed E-state index contributed by atoms with van der Waals surface area (Å²) in [7, 11) is 1.46. The highest BCUT2D eigenvalue weighted by Gasteiger charge is 2.67. The highest BCUT2D eigenvalue weighted by atomic mass is 35.5. The van der Waals surface area contributed by atoms with Crippen molar-refractivity contribution in [2.75, 3.05) is 7.11 Å². The zero-order valence-corrected chi connectivity index (χ0v) is 10.4. The van der Waals surface area contributed by atoms with E-state index < -0.39 is 5.41 Å². The number of carbonyl (C=O) groups excluding carboxylic acids is 1. The van der Waals surface area contributed by atoms with Gasteiger partial charge in [-0.1, -0.05) is 13.8 Å². The molecule has 0 radical (unpaired) electrons. The summed E-state index contributed by atoms with van der Waals surface area (Å²) in [6, 6.07) is -0.0105. The molecule has 0 aromatic rings. The van der Waals surface area contributed by atoms with E-state index in [1.165, 1.54) is 7.11 Å². The van der Waals surface area contributed by atoms with E-state index in [0.717, 1.165) is 19.3 Å². The number of carbonyl (C=O) groups is 1. The molecule has 0 aromatic carbocycles. The second-order valence-electron chi connectivity index (χ2n) is 5.26. The van der Waals surface area contributed by atoms with Gasteiger partial charge in [0.05, 0.1) is 12.5 Å². The first-order chi connectivity index (χ1) is 6.46. The molecule has 3 nitrogen and oxygen atoms in total. The predicted octanol–water partition coefficient (Wildman–Crippen LogP) is 1.73. The first kappa shape index (κ1) is 12.8. The standard InChI is InChI=1S/C11H19NO2.ClH/c1-10(2)7-4-5-11(10,8(12)6-7)9(13)14-3;/h7-8H,4-6,12H2,1-3H3;1H. The molecule has 2 rings (SSSR count). The van der Waals surface area contributed by atoms with Crippen LogP contribution in [0.5, 0.6) is 0 Å². The number of methoxy groups -OCH3 is 1. The van der Waals surface area contributed by atoms with Gasteiger partial charge in [-0.15, -0.1) is 12.4 Å². The number of hydrogen-bond acceptors (Lipinski definition) is 3. The highest BCUT2D eigenvalue weighted by Crippen LogP contribution is 2.65. The van der Waals surface area contributed by atoms with E-state index in [2.05, 4.69) is 13.8 Å². The average molecular weight is 234 g/mol. The van der Waals surface area contributed by atoms with E-state index in [1.807, 2.05) is 0 Å². The van der Waals surface area contributed by atoms with Crippen molar-refractivity contribution in [3.05, 3.63) is 0 Å². The molecular formula is C11H20ClNO2. The molecule has 2 fully saturated rings. The number of esters is 1. The first-order valence-electron chi connectivity index (χ1n) is 5.31. The minimum atomic E-state index is -0.410. The molecule has 0 spiro atoms. The van der Waals surface area contributed by atoms with Crippen LogP contribution in [0.3, 0.4) is 0 Å². The SMILES string of the molecule is COC(=O)C12CCC(CC1N)C2(C)C.Cl. The van der Waals surface area contributed by atoms with Crippen molar-refractivity contribution in [1.29, 1.82) is 0 Å². The Morgan fingerprint density at radius 1 is 1.47 bits per heavy atom. The lowest BCUT2D eigenvalue weighted by Crippen LogP contribution is -2.50. The lowest BCUT2D eigenvalue weighted by molar-refractivity contribution is -0.158. The Bertz CT molecular complexity index is 280. The number of nitrogens with two attached hydrogens (primary N) is 1. The third-order valence-corrected chi connectivity index (χ3v) is 4.78. The zero-order valence-electron chi connectivity index (χ0n) is 9.58. The lowest BCUT2D eigenvalue weighted by atomic mass is 9.68. The van der Waals surface area contributed by atoms with Gasteiger partial charge in [0.1, 0.15) is 0 Å². The molecule has 0 aromatic heterocycles. The molecular weight excluding hydrogens is 214 g/mol. The molecule has 2 bridgehead atoms. The van der Waals surface area contributed by atoms with Crippen molar-refractivity contribution < 1.29 is 9.53 Å². The summed E-state index contributed by atoms with van der Waals surface area (Å²) in [5.74, 6) is 0.492. The van der Waals surface area contributed by atoms with Gasteiger partial charge in [-0.05, 0) is 30.6 Å². The molecule has 3 unspecified atom stereocenters. The summed E-state index contributed by atoms with van der Waals surface area (Å²) in [5, 5.41) is 0. The van der Waals surface area contributed by atoms with Crippen molar-refractivity contribution in [2.45, 2.75) is 39.2 Å². The van der Waals surface area contributed by atoms with Crippen LogP contribution in [0.1, 0.15) is 33.1 Å². The highest BCUT2D eigenvalue weighted by molar-refractivity contribution is 5.85. The topological polar surface area (TPSA) is 52.3 Å². The Morgan fingerprint density at radius 3 is 2.40 bits per heavy atom. The number of halogens is 1. The normalized spacial score (nSPS) is 41.1. The van der Waals surface area contributed by atoms with E-state index in [1.54, 1.807) is 0 Å². The van der Waals surface area contributed by atoms with Crippen molar-refractivity contribution in [3.8, 4) is 0 Å². The van der Waals surface area contributed by atoms with Gasteiger partial charge in [0.2, 0.25) is 0 Å². The Balaban J connectivity index is 0.00000112. The van der Waals surface area contributed by atoms with Crippen LogP contribution >= 0.6 is 12.4 Å². The maximum absolute atomic E-state index is 11.9. The monoisotopic (exact) mass is 233 g/mol. The maximum Gasteiger partial charge on any atom is 0.313 e. The molecule has 0 aliphatic heterocycles. The second-order valence-corrected chi connectivity index (χ2v) is 5.26. The summed E-state index contributed by atoms with van der Waals surface area (Å²) in [6.07, 6.45) is 3.00. The van der Waals surface area contributed by atoms with Crippen molar-refractivity contribution in [3.63, 3.8) is 0 Å². The molecule has 15 heavy (non-hydrogen) atoms. The van der Waals surface area contributed by atoms with Crippen LogP contribution in [0.2, 0.25) is 0 Å². The fourth-order valence-corrected chi connectivity index (χ4v) is 3.73. The fraction of sp³-hybridized carbons (Fsp3) is 0.909. The molecule has 3 atom stereocenters. The van der Waals surface area contributed by atoms with Crippen molar-refractivity contribution in [1.82, 2.24) is 0 Å². The zero-order chi connectivity index (χ0) is 10.6. The Labute approximate surface area is 97.1 Å². The third kappa shape index (κ3) is 1.26. The van der Waals surface area contributed by atoms with Gasteiger partial charge >= 0.3 is 5.97 Å². The molecule has 0 saturated heterocycles. The van der Waals surface area contributed by atoms with E-state index in [0.29, 0.717) is 5.92 Å². The van der Waals surface area contributed by atoms with Crippen LogP contribution in [0.25, 0.3) is 0 Å². The van der Waals surface area contributed by atoms with E-state index in [4.69, 9.17) is 10.5 Å². The molecule has 0 heterocycles. The fourth-order valence-electron chi connectivity index (χ4n) is 3.73. The van der Waals surface area contributed by atoms with Crippen molar-refractivity contribution in [2.24, 2.45) is 22.5 Å². The summed E-state index contributed by atoms with van der Waals surface area (Å²) in [6.45, 7) is 4.32. The minimum Gasteiger partial charge on any atom is -0.469 e. The van der Waals surface area contributed by atoms with Gasteiger partial charge in [-0.25, -0.2) is 0 Å². The summed E-state index contributed by atoms with van der Waals surface area (Å²) < 4.78 is 4.94. The Kier molecular flexibility index (Phi) is 3.10. The molecule has 4 heteroatoms. The minimum absolute atomic E-state index is 0. The van der Waals surface area contributed by atoms with Crippen LogP contribution in [-0.2, 0) is 9.53 Å². The van der Waals surface area contributed by atoms with Gasteiger partial charge < -0.3 is 10.5 Å². The van der Waals surface area contributed by atoms with Gasteiger partial charge in [0.15, 0.2) is 0 Å². The predicted molar refractivity (Wildman–Crippen MR) is 60.8 cm³/mol. The third-order valence-electron chi connectivity index (χ3n) is 4.78. The van der Waals surface area contributed by atoms with Gasteiger partial charge in [-0.2, -0.15) is 0 Å². The molecule has 2 aliphatic carbocycles. The molecule has 2 N–H and O–H groups in total. The smallest absolute Gasteiger partial charge is 0.313 e. The molecule has 2 aliphatic rings. The van der Waals surface area contributed by atoms with Crippen LogP contribution in [0.4, 0.5) is 0 Å². The number of ether oxygens (including phenoxy) is 1. The second kappa shape index (κ2) is 3.63. The number of rotatable bonds is 1. The Morgan fingerprint density at radius 2 is 2.07 bits per heavy atom. The van der Waals surface area contributed by atoms with Crippen molar-refractivity contribution >= 4 is 18.4 Å². The van der Waals surface area contributed by atoms with Gasteiger partial charge in [0.25, 0.3) is 0 Å². The lowest BCUT2D eigenvalue weighted by Gasteiger charge is -2.37. The molecule has 2 saturated carbocycles. The summed E-state index contributed by atoms with van der Waals surface area (Å²) in [4.78, 5) is 11.9. The van der Waals surface area contributed by atoms with Crippen LogP contribution in [0.15, 0.2) is 0 Å². The quantitative estimate of drug-likeness (QED) is 0.702. The largest absolute Gasteiger partial charge is 0.469 e. The Hall–Kier alpha value is -0.280. The van der Waals surface area contributed by atoms with Crippen LogP contribution in [-0.4, -0.2) is 19.1 Å². The van der Waals surface area contributed by atoms with E-state index in [-0.39, 0.29) is 29.8 Å². The van der Waals surface area contributed by atoms with E-state index in [9.17, 15) is 4.79 Å². The average Bonchev–Trinajstić information content (AvgIpc) is 2.49. The molecule has 88 valence electrons.